The molecule has 3 aliphatic rings. The zero-order valence-corrected chi connectivity index (χ0v) is 21.8. The third kappa shape index (κ3) is 4.92. The second-order valence-corrected chi connectivity index (χ2v) is 12.4. The van der Waals surface area contributed by atoms with E-state index in [0.29, 0.717) is 19.3 Å². The number of ether oxygens (including phenoxy) is 1. The van der Waals surface area contributed by atoms with Gasteiger partial charge in [-0.1, -0.05) is 51.4 Å². The zero-order chi connectivity index (χ0) is 24.8. The van der Waals surface area contributed by atoms with Crippen LogP contribution in [-0.4, -0.2) is 41.1 Å². The highest BCUT2D eigenvalue weighted by Crippen LogP contribution is 2.51. The number of hydrogen-bond donors (Lipinski definition) is 1. The molecule has 5 nitrogen and oxygen atoms in total. The highest BCUT2D eigenvalue weighted by atomic mass is 35.5. The minimum atomic E-state index is -0.726. The summed E-state index contributed by atoms with van der Waals surface area (Å²) in [4.78, 5) is 26.7. The standard InChI is InChI=1S/C28H38ClNO4/c1-27(2,3)9-8-17-6-7-20(12-24(17)29)28(4)15-25(31)30(21-13-22(14-21)34-5)16-23(28)18-10-19(11-18)26(32)33/h6-7,12,16,18-19,21-22H,8-11,13-15H2,1-5H3,(H,32,33)/t18?,19?,21?,22?,28-/m0/s1. The summed E-state index contributed by atoms with van der Waals surface area (Å²) >= 11 is 6.75. The number of nitrogens with zero attached hydrogens (tertiary/aromatic N) is 1. The number of rotatable bonds is 7. The molecule has 1 aromatic rings. The van der Waals surface area contributed by atoms with Crippen LogP contribution in [0.4, 0.5) is 0 Å². The van der Waals surface area contributed by atoms with Gasteiger partial charge in [0.2, 0.25) is 5.91 Å². The van der Waals surface area contributed by atoms with Gasteiger partial charge in [-0.25, -0.2) is 0 Å². The Hall–Kier alpha value is -1.85. The Morgan fingerprint density at radius 3 is 2.47 bits per heavy atom. The van der Waals surface area contributed by atoms with E-state index in [1.807, 2.05) is 17.2 Å². The highest BCUT2D eigenvalue weighted by molar-refractivity contribution is 6.31. The van der Waals surface area contributed by atoms with Gasteiger partial charge in [0.25, 0.3) is 0 Å². The molecule has 2 saturated carbocycles. The fourth-order valence-electron chi connectivity index (χ4n) is 5.63. The highest BCUT2D eigenvalue weighted by Gasteiger charge is 2.49. The molecule has 1 aromatic carbocycles. The molecule has 4 rings (SSSR count). The Kier molecular flexibility index (Phi) is 6.91. The van der Waals surface area contributed by atoms with Gasteiger partial charge in [-0.2, -0.15) is 0 Å². The van der Waals surface area contributed by atoms with Crippen LogP contribution >= 0.6 is 11.6 Å². The summed E-state index contributed by atoms with van der Waals surface area (Å²) in [6.07, 6.45) is 7.54. The van der Waals surface area contributed by atoms with E-state index in [9.17, 15) is 14.7 Å². The monoisotopic (exact) mass is 487 g/mol. The van der Waals surface area contributed by atoms with Crippen LogP contribution in [0.1, 0.15) is 77.3 Å². The molecular weight excluding hydrogens is 450 g/mol. The number of carbonyl (C=O) groups excluding carboxylic acids is 1. The van der Waals surface area contributed by atoms with E-state index in [2.05, 4.69) is 39.8 Å². The average Bonchev–Trinajstić information content (AvgIpc) is 2.67. The number of halogens is 1. The summed E-state index contributed by atoms with van der Waals surface area (Å²) < 4.78 is 5.43. The lowest BCUT2D eigenvalue weighted by molar-refractivity contribution is -0.146. The fourth-order valence-corrected chi connectivity index (χ4v) is 5.90. The number of allylic oxidation sites excluding steroid dienone is 1. The largest absolute Gasteiger partial charge is 0.481 e. The maximum absolute atomic E-state index is 13.3. The predicted molar refractivity (Wildman–Crippen MR) is 134 cm³/mol. The van der Waals surface area contributed by atoms with E-state index in [-0.39, 0.29) is 35.3 Å². The maximum atomic E-state index is 13.3. The van der Waals surface area contributed by atoms with Crippen LogP contribution in [-0.2, 0) is 26.2 Å². The first-order valence-corrected chi connectivity index (χ1v) is 12.9. The van der Waals surface area contributed by atoms with Gasteiger partial charge < -0.3 is 14.7 Å². The van der Waals surface area contributed by atoms with Crippen molar-refractivity contribution < 1.29 is 19.4 Å². The lowest BCUT2D eigenvalue weighted by Gasteiger charge is -2.50. The van der Waals surface area contributed by atoms with E-state index >= 15 is 0 Å². The van der Waals surface area contributed by atoms with Crippen molar-refractivity contribution in [1.29, 1.82) is 0 Å². The third-order valence-electron chi connectivity index (χ3n) is 8.27. The van der Waals surface area contributed by atoms with Crippen molar-refractivity contribution in [3.8, 4) is 0 Å². The molecule has 2 fully saturated rings. The van der Waals surface area contributed by atoms with Crippen LogP contribution < -0.4 is 0 Å². The summed E-state index contributed by atoms with van der Waals surface area (Å²) in [6.45, 7) is 8.81. The van der Waals surface area contributed by atoms with Gasteiger partial charge in [-0.05, 0) is 72.6 Å². The van der Waals surface area contributed by atoms with Gasteiger partial charge in [-0.15, -0.1) is 0 Å². The maximum Gasteiger partial charge on any atom is 0.306 e. The summed E-state index contributed by atoms with van der Waals surface area (Å²) in [5.74, 6) is -0.742. The molecule has 0 radical (unpaired) electrons. The lowest BCUT2D eigenvalue weighted by Crippen LogP contribution is -2.53. The van der Waals surface area contributed by atoms with Crippen molar-refractivity contribution in [1.82, 2.24) is 4.90 Å². The fraction of sp³-hybridized carbons (Fsp3) is 0.643. The van der Waals surface area contributed by atoms with E-state index in [4.69, 9.17) is 16.3 Å². The molecule has 2 aliphatic carbocycles. The Labute approximate surface area is 208 Å². The normalized spacial score (nSPS) is 31.5. The Morgan fingerprint density at radius 1 is 1.24 bits per heavy atom. The molecule has 0 unspecified atom stereocenters. The molecule has 0 saturated heterocycles. The summed E-state index contributed by atoms with van der Waals surface area (Å²) in [5, 5.41) is 10.2. The molecule has 1 heterocycles. The third-order valence-corrected chi connectivity index (χ3v) is 8.62. The Morgan fingerprint density at radius 2 is 1.91 bits per heavy atom. The van der Waals surface area contributed by atoms with Crippen LogP contribution in [0.5, 0.6) is 0 Å². The SMILES string of the molecule is COC1CC(N2C=C(C3CC(C(=O)O)C3)[C@](C)(c3ccc(CCC(C)(C)C)c(Cl)c3)CC2=O)C1. The molecule has 0 aromatic heterocycles. The van der Waals surface area contributed by atoms with Gasteiger partial charge in [0.1, 0.15) is 0 Å². The minimum Gasteiger partial charge on any atom is -0.481 e. The van der Waals surface area contributed by atoms with Crippen molar-refractivity contribution in [2.24, 2.45) is 17.3 Å². The van der Waals surface area contributed by atoms with Crippen molar-refractivity contribution in [3.63, 3.8) is 0 Å². The van der Waals surface area contributed by atoms with Crippen LogP contribution in [0, 0.1) is 17.3 Å². The minimum absolute atomic E-state index is 0.118. The molecule has 1 amide bonds. The number of carboxylic acids is 1. The molecule has 34 heavy (non-hydrogen) atoms. The number of aliphatic carboxylic acids is 1. The number of carbonyl (C=O) groups is 2. The molecule has 0 spiro atoms. The number of benzene rings is 1. The van der Waals surface area contributed by atoms with Crippen LogP contribution in [0.25, 0.3) is 0 Å². The Bertz CT molecular complexity index is 985. The van der Waals surface area contributed by atoms with Crippen molar-refractivity contribution in [3.05, 3.63) is 46.1 Å². The summed E-state index contributed by atoms with van der Waals surface area (Å²) in [5.41, 5.74) is 3.09. The summed E-state index contributed by atoms with van der Waals surface area (Å²) in [6, 6.07) is 6.43. The first kappa shape index (κ1) is 25.2. The van der Waals surface area contributed by atoms with Gasteiger partial charge in [-0.3, -0.25) is 9.59 Å². The first-order chi connectivity index (χ1) is 15.9. The number of hydrogen-bond acceptors (Lipinski definition) is 3. The molecular formula is C28H38ClNO4. The smallest absolute Gasteiger partial charge is 0.306 e. The molecule has 1 aliphatic heterocycles. The predicted octanol–water partition coefficient (Wildman–Crippen LogP) is 5.98. The quantitative estimate of drug-likeness (QED) is 0.513. The van der Waals surface area contributed by atoms with Crippen LogP contribution in [0.15, 0.2) is 30.0 Å². The van der Waals surface area contributed by atoms with Gasteiger partial charge in [0.05, 0.1) is 12.0 Å². The number of amides is 1. The van der Waals surface area contributed by atoms with Gasteiger partial charge >= 0.3 is 5.97 Å². The van der Waals surface area contributed by atoms with E-state index in [1.54, 1.807) is 7.11 Å². The molecule has 1 atom stereocenters. The number of methoxy groups -OCH3 is 1. The molecule has 186 valence electrons. The molecule has 1 N–H and O–H groups in total. The van der Waals surface area contributed by atoms with E-state index < -0.39 is 11.4 Å². The van der Waals surface area contributed by atoms with Crippen LogP contribution in [0.3, 0.4) is 0 Å². The van der Waals surface area contributed by atoms with Crippen molar-refractivity contribution in [2.45, 2.75) is 90.2 Å². The lowest BCUT2D eigenvalue weighted by atomic mass is 9.60. The van der Waals surface area contributed by atoms with Crippen molar-refractivity contribution >= 4 is 23.5 Å². The van der Waals surface area contributed by atoms with Gasteiger partial charge in [0, 0.05) is 36.2 Å². The zero-order valence-electron chi connectivity index (χ0n) is 21.1. The van der Waals surface area contributed by atoms with Crippen molar-refractivity contribution in [2.75, 3.05) is 7.11 Å². The molecule has 0 bridgehead atoms. The Balaban J connectivity index is 1.63. The summed E-state index contributed by atoms with van der Waals surface area (Å²) in [7, 11) is 1.71. The molecule has 6 heteroatoms. The van der Waals surface area contributed by atoms with E-state index in [1.165, 1.54) is 5.57 Å². The van der Waals surface area contributed by atoms with E-state index in [0.717, 1.165) is 41.8 Å². The number of aryl methyl sites for hydroxylation is 1. The topological polar surface area (TPSA) is 66.8 Å². The van der Waals surface area contributed by atoms with Crippen LogP contribution in [0.2, 0.25) is 5.02 Å². The second kappa shape index (κ2) is 9.31. The van der Waals surface area contributed by atoms with Gasteiger partial charge in [0.15, 0.2) is 0 Å². The first-order valence-electron chi connectivity index (χ1n) is 12.5. The number of carboxylic acid groups (broad SMARTS) is 1. The average molecular weight is 488 g/mol. The second-order valence-electron chi connectivity index (χ2n) is 11.9.